The number of hydrogen-bond donors (Lipinski definition) is 2. The lowest BCUT2D eigenvalue weighted by Gasteiger charge is -2.42. The van der Waals surface area contributed by atoms with E-state index in [9.17, 15) is 5.11 Å². The third-order valence-electron chi connectivity index (χ3n) is 5.24. The van der Waals surface area contributed by atoms with Gasteiger partial charge in [-0.25, -0.2) is 0 Å². The van der Waals surface area contributed by atoms with Gasteiger partial charge in [0.25, 0.3) is 0 Å². The largest absolute Gasteiger partial charge is 0.491 e. The number of piperidine rings is 1. The van der Waals surface area contributed by atoms with E-state index in [1.807, 2.05) is 12.1 Å². The summed E-state index contributed by atoms with van der Waals surface area (Å²) in [7, 11) is 0. The lowest BCUT2D eigenvalue weighted by molar-refractivity contribution is -0.0120. The Balaban J connectivity index is 1.58. The normalized spacial score (nSPS) is 29.1. The molecule has 4 heteroatoms. The number of benzene rings is 1. The van der Waals surface area contributed by atoms with Gasteiger partial charge in [0.05, 0.1) is 12.7 Å². The number of likely N-dealkylation sites (tertiary alicyclic amines) is 1. The zero-order valence-electron chi connectivity index (χ0n) is 13.2. The van der Waals surface area contributed by atoms with Crippen molar-refractivity contribution in [3.63, 3.8) is 0 Å². The summed E-state index contributed by atoms with van der Waals surface area (Å²) in [6, 6.07) is 8.13. The van der Waals surface area contributed by atoms with Crippen LogP contribution < -0.4 is 4.74 Å². The molecule has 122 valence electrons. The molecule has 2 atom stereocenters. The van der Waals surface area contributed by atoms with Gasteiger partial charge in [0.2, 0.25) is 0 Å². The molecule has 1 saturated carbocycles. The minimum absolute atomic E-state index is 0.0416. The van der Waals surface area contributed by atoms with E-state index >= 15 is 0 Å². The summed E-state index contributed by atoms with van der Waals surface area (Å²) in [5.74, 6) is 0.805. The summed E-state index contributed by atoms with van der Waals surface area (Å²) in [6.07, 6.45) is 5.59. The van der Waals surface area contributed by atoms with Gasteiger partial charge < -0.3 is 14.9 Å². The molecule has 1 aliphatic heterocycles. The van der Waals surface area contributed by atoms with Crippen molar-refractivity contribution in [2.75, 3.05) is 26.3 Å². The van der Waals surface area contributed by atoms with E-state index in [1.165, 1.54) is 31.2 Å². The third-order valence-corrected chi connectivity index (χ3v) is 5.24. The predicted octanol–water partition coefficient (Wildman–Crippen LogP) is 2.18. The number of nitrogens with zero attached hydrogens (tertiary/aromatic N) is 1. The number of rotatable bonds is 5. The van der Waals surface area contributed by atoms with Crippen LogP contribution in [-0.4, -0.2) is 47.5 Å². The fraction of sp³-hybridized carbons (Fsp3) is 0.667. The highest BCUT2D eigenvalue weighted by Gasteiger charge is 2.44. The molecule has 2 aliphatic rings. The van der Waals surface area contributed by atoms with Gasteiger partial charge in [-0.15, -0.1) is 0 Å². The van der Waals surface area contributed by atoms with Gasteiger partial charge in [0.1, 0.15) is 12.4 Å². The van der Waals surface area contributed by atoms with Crippen LogP contribution in [0.2, 0.25) is 0 Å². The first-order chi connectivity index (χ1) is 10.7. The highest BCUT2D eigenvalue weighted by molar-refractivity contribution is 5.27. The van der Waals surface area contributed by atoms with Gasteiger partial charge in [0.15, 0.2) is 0 Å². The van der Waals surface area contributed by atoms with Crippen molar-refractivity contribution in [3.05, 3.63) is 29.8 Å². The zero-order valence-corrected chi connectivity index (χ0v) is 13.2. The van der Waals surface area contributed by atoms with Crippen LogP contribution in [0, 0.1) is 5.41 Å². The van der Waals surface area contributed by atoms with Crippen molar-refractivity contribution in [3.8, 4) is 5.75 Å². The number of aliphatic hydroxyl groups is 2. The van der Waals surface area contributed by atoms with Crippen LogP contribution in [0.3, 0.4) is 0 Å². The molecule has 0 radical (unpaired) electrons. The van der Waals surface area contributed by atoms with Crippen LogP contribution in [0.15, 0.2) is 24.3 Å². The highest BCUT2D eigenvalue weighted by Crippen LogP contribution is 2.45. The van der Waals surface area contributed by atoms with Crippen LogP contribution >= 0.6 is 0 Å². The molecule has 22 heavy (non-hydrogen) atoms. The van der Waals surface area contributed by atoms with Crippen LogP contribution in [0.5, 0.6) is 5.75 Å². The van der Waals surface area contributed by atoms with Crippen molar-refractivity contribution in [2.24, 2.45) is 5.41 Å². The molecule has 1 spiro atoms. The van der Waals surface area contributed by atoms with Crippen molar-refractivity contribution < 1.29 is 14.9 Å². The van der Waals surface area contributed by atoms with Gasteiger partial charge in [-0.2, -0.15) is 0 Å². The maximum Gasteiger partial charge on any atom is 0.119 e. The Labute approximate surface area is 132 Å². The van der Waals surface area contributed by atoms with Gasteiger partial charge >= 0.3 is 0 Å². The standard InChI is InChI=1S/C18H27NO3/c20-11-12-22-16-6-4-15(5-7-16)13-19-10-2-9-18(14-19)8-1-3-17(18)21/h4-7,17,20-21H,1-3,8-14H2/t17-,18+/m1/s1. The maximum absolute atomic E-state index is 10.3. The second-order valence-corrected chi connectivity index (χ2v) is 6.80. The average molecular weight is 305 g/mol. The Morgan fingerprint density at radius 1 is 1.18 bits per heavy atom. The molecule has 0 bridgehead atoms. The first-order valence-electron chi connectivity index (χ1n) is 8.45. The summed E-state index contributed by atoms with van der Waals surface area (Å²) in [5.41, 5.74) is 1.43. The first kappa shape index (κ1) is 15.8. The fourth-order valence-corrected chi connectivity index (χ4v) is 4.10. The molecular formula is C18H27NO3. The highest BCUT2D eigenvalue weighted by atomic mass is 16.5. The molecule has 1 aromatic rings. The van der Waals surface area contributed by atoms with Crippen LogP contribution in [0.1, 0.15) is 37.7 Å². The van der Waals surface area contributed by atoms with Crippen molar-refractivity contribution in [2.45, 2.75) is 44.8 Å². The molecular weight excluding hydrogens is 278 g/mol. The van der Waals surface area contributed by atoms with E-state index in [-0.39, 0.29) is 18.1 Å². The predicted molar refractivity (Wildman–Crippen MR) is 85.8 cm³/mol. The molecule has 2 fully saturated rings. The topological polar surface area (TPSA) is 52.9 Å². The van der Waals surface area contributed by atoms with E-state index in [1.54, 1.807) is 0 Å². The van der Waals surface area contributed by atoms with Crippen molar-refractivity contribution in [1.82, 2.24) is 4.90 Å². The molecule has 4 nitrogen and oxygen atoms in total. The van der Waals surface area contributed by atoms with E-state index in [2.05, 4.69) is 17.0 Å². The third kappa shape index (κ3) is 3.45. The lowest BCUT2D eigenvalue weighted by Crippen LogP contribution is -2.46. The summed E-state index contributed by atoms with van der Waals surface area (Å²) >= 11 is 0. The van der Waals surface area contributed by atoms with Gasteiger partial charge in [0, 0.05) is 18.5 Å². The minimum Gasteiger partial charge on any atom is -0.491 e. The molecule has 0 amide bonds. The van der Waals surface area contributed by atoms with Gasteiger partial charge in [-0.3, -0.25) is 4.90 Å². The van der Waals surface area contributed by atoms with E-state index in [0.29, 0.717) is 6.61 Å². The second kappa shape index (κ2) is 6.99. The Morgan fingerprint density at radius 2 is 1.95 bits per heavy atom. The SMILES string of the molecule is OCCOc1ccc(CN2CCC[C@@]3(CCC[C@H]3O)C2)cc1. The van der Waals surface area contributed by atoms with E-state index < -0.39 is 0 Å². The Bertz CT molecular complexity index is 476. The smallest absolute Gasteiger partial charge is 0.119 e. The van der Waals surface area contributed by atoms with Crippen LogP contribution in [0.4, 0.5) is 0 Å². The summed E-state index contributed by atoms with van der Waals surface area (Å²) < 4.78 is 5.39. The Hall–Kier alpha value is -1.10. The van der Waals surface area contributed by atoms with E-state index in [4.69, 9.17) is 9.84 Å². The monoisotopic (exact) mass is 305 g/mol. The number of hydrogen-bond acceptors (Lipinski definition) is 4. The Kier molecular flexibility index (Phi) is 5.01. The van der Waals surface area contributed by atoms with Crippen molar-refractivity contribution >= 4 is 0 Å². The van der Waals surface area contributed by atoms with Crippen molar-refractivity contribution in [1.29, 1.82) is 0 Å². The quantitative estimate of drug-likeness (QED) is 0.875. The first-order valence-corrected chi connectivity index (χ1v) is 8.45. The lowest BCUT2D eigenvalue weighted by atomic mass is 9.76. The average Bonchev–Trinajstić information content (AvgIpc) is 2.87. The molecule has 1 aromatic carbocycles. The zero-order chi connectivity index (χ0) is 15.4. The molecule has 1 heterocycles. The molecule has 2 N–H and O–H groups in total. The minimum atomic E-state index is -0.107. The van der Waals surface area contributed by atoms with Gasteiger partial charge in [-0.1, -0.05) is 18.6 Å². The summed E-state index contributed by atoms with van der Waals surface area (Å²) in [4.78, 5) is 2.49. The molecule has 3 rings (SSSR count). The van der Waals surface area contributed by atoms with E-state index in [0.717, 1.165) is 31.8 Å². The van der Waals surface area contributed by atoms with Gasteiger partial charge in [-0.05, 0) is 49.9 Å². The molecule has 1 aliphatic carbocycles. The number of aliphatic hydroxyl groups excluding tert-OH is 2. The van der Waals surface area contributed by atoms with Crippen LogP contribution in [-0.2, 0) is 6.54 Å². The molecule has 0 aromatic heterocycles. The number of ether oxygens (including phenoxy) is 1. The second-order valence-electron chi connectivity index (χ2n) is 6.80. The molecule has 1 saturated heterocycles. The Morgan fingerprint density at radius 3 is 2.64 bits per heavy atom. The fourth-order valence-electron chi connectivity index (χ4n) is 4.10. The summed E-state index contributed by atoms with van der Waals surface area (Å²) in [6.45, 7) is 3.47. The summed E-state index contributed by atoms with van der Waals surface area (Å²) in [5, 5.41) is 19.1. The maximum atomic E-state index is 10.3. The molecule has 0 unspecified atom stereocenters. The van der Waals surface area contributed by atoms with Crippen LogP contribution in [0.25, 0.3) is 0 Å².